The molecule has 1 aliphatic rings. The van der Waals surface area contributed by atoms with E-state index in [0.717, 1.165) is 12.5 Å². The van der Waals surface area contributed by atoms with Crippen LogP contribution in [0.15, 0.2) is 43.0 Å². The molecule has 118 valence electrons. The number of hydrogen-bond acceptors (Lipinski definition) is 2. The van der Waals surface area contributed by atoms with Gasteiger partial charge in [-0.1, -0.05) is 50.3 Å². The molecule has 1 N–H and O–H groups in total. The van der Waals surface area contributed by atoms with Gasteiger partial charge in [-0.2, -0.15) is 0 Å². The van der Waals surface area contributed by atoms with Crippen molar-refractivity contribution in [3.05, 3.63) is 48.5 Å². The fraction of sp³-hybridized carbons (Fsp3) is 0.526. The highest BCUT2D eigenvalue weighted by molar-refractivity contribution is 5.40. The molecule has 0 saturated heterocycles. The first kappa shape index (κ1) is 15.3. The average Bonchev–Trinajstić information content (AvgIpc) is 3.08. The molecule has 1 fully saturated rings. The first-order valence-electron chi connectivity index (χ1n) is 8.62. The lowest BCUT2D eigenvalue weighted by Crippen LogP contribution is -2.29. The Kier molecular flexibility index (Phi) is 5.28. The summed E-state index contributed by atoms with van der Waals surface area (Å²) in [5.41, 5.74) is 2.55. The van der Waals surface area contributed by atoms with Crippen LogP contribution in [0.2, 0.25) is 0 Å². The first-order chi connectivity index (χ1) is 10.8. The lowest BCUT2D eigenvalue weighted by molar-refractivity contribution is 0.304. The second-order valence-electron chi connectivity index (χ2n) is 6.62. The van der Waals surface area contributed by atoms with Crippen molar-refractivity contribution in [2.24, 2.45) is 5.92 Å². The van der Waals surface area contributed by atoms with Gasteiger partial charge in [0.05, 0.1) is 12.0 Å². The first-order valence-corrected chi connectivity index (χ1v) is 8.62. The highest BCUT2D eigenvalue weighted by Gasteiger charge is 2.16. The van der Waals surface area contributed by atoms with Crippen LogP contribution in [0, 0.1) is 5.92 Å². The Balaban J connectivity index is 1.57. The molecule has 0 aliphatic heterocycles. The molecular weight excluding hydrogens is 270 g/mol. The molecule has 0 bridgehead atoms. The van der Waals surface area contributed by atoms with Gasteiger partial charge in [0.15, 0.2) is 0 Å². The van der Waals surface area contributed by atoms with Gasteiger partial charge in [0.25, 0.3) is 0 Å². The monoisotopic (exact) mass is 297 g/mol. The molecule has 1 atom stereocenters. The third kappa shape index (κ3) is 3.98. The molecule has 3 rings (SSSR count). The van der Waals surface area contributed by atoms with E-state index < -0.39 is 0 Å². The van der Waals surface area contributed by atoms with Crippen LogP contribution in [-0.2, 0) is 6.54 Å². The van der Waals surface area contributed by atoms with Gasteiger partial charge >= 0.3 is 0 Å². The van der Waals surface area contributed by atoms with Crippen LogP contribution in [0.25, 0.3) is 5.69 Å². The Morgan fingerprint density at radius 1 is 1.23 bits per heavy atom. The fourth-order valence-corrected chi connectivity index (χ4v) is 3.60. The van der Waals surface area contributed by atoms with E-state index in [1.807, 2.05) is 18.7 Å². The number of imidazole rings is 1. The summed E-state index contributed by atoms with van der Waals surface area (Å²) in [5, 5.41) is 3.71. The van der Waals surface area contributed by atoms with Crippen LogP contribution in [0.1, 0.15) is 51.0 Å². The molecular formula is C19H27N3. The summed E-state index contributed by atoms with van der Waals surface area (Å²) in [6.45, 7) is 3.25. The second kappa shape index (κ2) is 7.59. The lowest BCUT2D eigenvalue weighted by Gasteiger charge is -2.25. The molecule has 0 radical (unpaired) electrons. The lowest BCUT2D eigenvalue weighted by atomic mass is 9.85. The van der Waals surface area contributed by atoms with E-state index in [-0.39, 0.29) is 0 Å². The van der Waals surface area contributed by atoms with E-state index in [1.54, 1.807) is 0 Å². The number of rotatable bonds is 6. The van der Waals surface area contributed by atoms with Crippen LogP contribution in [-0.4, -0.2) is 15.6 Å². The summed E-state index contributed by atoms with van der Waals surface area (Å²) in [6.07, 6.45) is 14.2. The second-order valence-corrected chi connectivity index (χ2v) is 6.62. The normalized spacial score (nSPS) is 17.5. The maximum Gasteiger partial charge on any atom is 0.0991 e. The van der Waals surface area contributed by atoms with Crippen LogP contribution < -0.4 is 5.32 Å². The zero-order valence-electron chi connectivity index (χ0n) is 13.5. The molecule has 1 aromatic heterocycles. The van der Waals surface area contributed by atoms with Gasteiger partial charge < -0.3 is 9.88 Å². The van der Waals surface area contributed by atoms with E-state index >= 15 is 0 Å². The molecule has 1 saturated carbocycles. The Morgan fingerprint density at radius 3 is 2.82 bits per heavy atom. The number of para-hydroxylation sites is 1. The summed E-state index contributed by atoms with van der Waals surface area (Å²) in [5.74, 6) is 0.931. The van der Waals surface area contributed by atoms with Crippen LogP contribution in [0.5, 0.6) is 0 Å². The van der Waals surface area contributed by atoms with Gasteiger partial charge in [0.1, 0.15) is 0 Å². The van der Waals surface area contributed by atoms with Crippen molar-refractivity contribution in [2.75, 3.05) is 0 Å². The summed E-state index contributed by atoms with van der Waals surface area (Å²) in [6, 6.07) is 9.15. The smallest absolute Gasteiger partial charge is 0.0991 e. The van der Waals surface area contributed by atoms with Crippen molar-refractivity contribution < 1.29 is 0 Å². The van der Waals surface area contributed by atoms with Gasteiger partial charge in [-0.05, 0) is 30.9 Å². The van der Waals surface area contributed by atoms with Gasteiger partial charge in [0, 0.05) is 25.0 Å². The summed E-state index contributed by atoms with van der Waals surface area (Å²) < 4.78 is 2.09. The molecule has 3 heteroatoms. The van der Waals surface area contributed by atoms with E-state index in [0.29, 0.717) is 6.04 Å². The van der Waals surface area contributed by atoms with Crippen LogP contribution in [0.4, 0.5) is 0 Å². The van der Waals surface area contributed by atoms with Crippen molar-refractivity contribution in [1.29, 1.82) is 0 Å². The molecule has 22 heavy (non-hydrogen) atoms. The van der Waals surface area contributed by atoms with Crippen molar-refractivity contribution in [1.82, 2.24) is 14.9 Å². The van der Waals surface area contributed by atoms with Crippen LogP contribution >= 0.6 is 0 Å². The SMILES string of the molecule is C[C@@H](CC1CCCCC1)NCc1ccccc1-n1ccnc1. The van der Waals surface area contributed by atoms with Crippen molar-refractivity contribution in [2.45, 2.75) is 58.0 Å². The molecule has 1 aliphatic carbocycles. The van der Waals surface area contributed by atoms with Gasteiger partial charge in [0.2, 0.25) is 0 Å². The quantitative estimate of drug-likeness (QED) is 0.860. The molecule has 1 heterocycles. The number of hydrogen-bond donors (Lipinski definition) is 1. The molecule has 3 nitrogen and oxygen atoms in total. The predicted octanol–water partition coefficient (Wildman–Crippen LogP) is 4.32. The third-order valence-corrected chi connectivity index (χ3v) is 4.83. The number of nitrogens with one attached hydrogen (secondary N) is 1. The summed E-state index contributed by atoms with van der Waals surface area (Å²) in [4.78, 5) is 4.15. The summed E-state index contributed by atoms with van der Waals surface area (Å²) in [7, 11) is 0. The minimum atomic E-state index is 0.582. The molecule has 0 unspecified atom stereocenters. The largest absolute Gasteiger partial charge is 0.310 e. The maximum atomic E-state index is 4.15. The van der Waals surface area contributed by atoms with E-state index in [4.69, 9.17) is 0 Å². The topological polar surface area (TPSA) is 29.9 Å². The third-order valence-electron chi connectivity index (χ3n) is 4.83. The minimum Gasteiger partial charge on any atom is -0.310 e. The zero-order valence-corrected chi connectivity index (χ0v) is 13.5. The van der Waals surface area contributed by atoms with E-state index in [9.17, 15) is 0 Å². The highest BCUT2D eigenvalue weighted by Crippen LogP contribution is 2.27. The average molecular weight is 297 g/mol. The molecule has 0 amide bonds. The number of nitrogens with zero attached hydrogens (tertiary/aromatic N) is 2. The van der Waals surface area contributed by atoms with Gasteiger partial charge in [-0.15, -0.1) is 0 Å². The highest BCUT2D eigenvalue weighted by atomic mass is 15.0. The number of aromatic nitrogens is 2. The molecule has 1 aromatic carbocycles. The standard InChI is InChI=1S/C19H27N3/c1-16(13-17-7-3-2-4-8-17)21-14-18-9-5-6-10-19(18)22-12-11-20-15-22/h5-6,9-12,15-17,21H,2-4,7-8,13-14H2,1H3/t16-/m0/s1. The molecule has 2 aromatic rings. The van der Waals surface area contributed by atoms with Gasteiger partial charge in [-0.25, -0.2) is 4.98 Å². The Morgan fingerprint density at radius 2 is 2.05 bits per heavy atom. The van der Waals surface area contributed by atoms with Crippen molar-refractivity contribution in [3.8, 4) is 5.69 Å². The molecule has 0 spiro atoms. The van der Waals surface area contributed by atoms with Crippen molar-refractivity contribution in [3.63, 3.8) is 0 Å². The van der Waals surface area contributed by atoms with Crippen molar-refractivity contribution >= 4 is 0 Å². The zero-order chi connectivity index (χ0) is 15.2. The van der Waals surface area contributed by atoms with E-state index in [1.165, 1.54) is 49.8 Å². The number of benzene rings is 1. The maximum absolute atomic E-state index is 4.15. The van der Waals surface area contributed by atoms with Crippen LogP contribution in [0.3, 0.4) is 0 Å². The minimum absolute atomic E-state index is 0.582. The Labute approximate surface area is 133 Å². The summed E-state index contributed by atoms with van der Waals surface area (Å²) >= 11 is 0. The van der Waals surface area contributed by atoms with Gasteiger partial charge in [-0.3, -0.25) is 0 Å². The fourth-order valence-electron chi connectivity index (χ4n) is 3.60. The predicted molar refractivity (Wildman–Crippen MR) is 91.1 cm³/mol. The van der Waals surface area contributed by atoms with E-state index in [2.05, 4.69) is 46.1 Å². The Hall–Kier alpha value is -1.61. The Bertz CT molecular complexity index is 556.